The van der Waals surface area contributed by atoms with Gasteiger partial charge in [0.2, 0.25) is 0 Å². The van der Waals surface area contributed by atoms with E-state index in [0.717, 1.165) is 11.1 Å². The molecule has 0 bridgehead atoms. The van der Waals surface area contributed by atoms with Gasteiger partial charge in [-0.1, -0.05) is 17.9 Å². The molecule has 146 valence electrons. The number of fused-ring (bicyclic) bond motifs is 1. The Morgan fingerprint density at radius 3 is 2.11 bits per heavy atom. The van der Waals surface area contributed by atoms with Crippen LogP contribution in [0.5, 0.6) is 0 Å². The average molecular weight is 379 g/mol. The first kappa shape index (κ1) is 21.4. The Morgan fingerprint density at radius 2 is 1.57 bits per heavy atom. The van der Waals surface area contributed by atoms with Crippen molar-refractivity contribution in [3.05, 3.63) is 35.2 Å². The highest BCUT2D eigenvalue weighted by Crippen LogP contribution is 2.15. The normalized spacial score (nSPS) is 12.9. The van der Waals surface area contributed by atoms with Gasteiger partial charge in [0.15, 0.2) is 0 Å². The third-order valence-corrected chi connectivity index (χ3v) is 3.76. The Hall–Kier alpha value is -2.93. The minimum Gasteiger partial charge on any atom is -0.411 e. The first-order chi connectivity index (χ1) is 13.6. The summed E-state index contributed by atoms with van der Waals surface area (Å²) >= 11 is 0. The van der Waals surface area contributed by atoms with E-state index in [2.05, 4.69) is 38.8 Å². The third kappa shape index (κ3) is 6.35. The minimum absolute atomic E-state index is 0.203. The first-order valence-electron chi connectivity index (χ1n) is 9.30. The van der Waals surface area contributed by atoms with Gasteiger partial charge in [0.1, 0.15) is 23.6 Å². The summed E-state index contributed by atoms with van der Waals surface area (Å²) in [6.45, 7) is 8.82. The highest BCUT2D eigenvalue weighted by Gasteiger charge is 2.07. The number of hydrogen-bond donors (Lipinski definition) is 1. The van der Waals surface area contributed by atoms with Crippen molar-refractivity contribution in [3.8, 4) is 23.7 Å². The lowest BCUT2D eigenvalue weighted by Crippen LogP contribution is -2.06. The summed E-state index contributed by atoms with van der Waals surface area (Å²) in [5.74, 6) is 12.2. The van der Waals surface area contributed by atoms with Crippen LogP contribution >= 0.6 is 0 Å². The van der Waals surface area contributed by atoms with Crippen LogP contribution in [0.1, 0.15) is 44.6 Å². The van der Waals surface area contributed by atoms with Gasteiger partial charge in [-0.25, -0.2) is 9.97 Å². The third-order valence-electron chi connectivity index (χ3n) is 3.76. The predicted octanol–water partition coefficient (Wildman–Crippen LogP) is 3.19. The second kappa shape index (κ2) is 11.0. The van der Waals surface area contributed by atoms with Crippen molar-refractivity contribution in [3.63, 3.8) is 0 Å². The molecule has 6 nitrogen and oxygen atoms in total. The summed E-state index contributed by atoms with van der Waals surface area (Å²) in [6, 6.07) is 5.70. The monoisotopic (exact) mass is 379 g/mol. The highest BCUT2D eigenvalue weighted by molar-refractivity contribution is 5.77. The van der Waals surface area contributed by atoms with Crippen LogP contribution in [0.2, 0.25) is 0 Å². The molecule has 0 amide bonds. The number of benzene rings is 1. The number of aromatic nitrogens is 2. The zero-order valence-electron chi connectivity index (χ0n) is 16.7. The molecule has 1 aromatic carbocycles. The fraction of sp³-hybridized carbons (Fsp3) is 0.409. The van der Waals surface area contributed by atoms with Crippen molar-refractivity contribution >= 4 is 17.2 Å². The Bertz CT molecular complexity index is 948. The Kier molecular flexibility index (Phi) is 8.42. The van der Waals surface area contributed by atoms with E-state index in [0.29, 0.717) is 36.5 Å². The number of nitrogens with zero attached hydrogens (tertiary/aromatic N) is 3. The van der Waals surface area contributed by atoms with Crippen LogP contribution < -0.4 is 0 Å². The lowest BCUT2D eigenvalue weighted by atomic mass is 10.1. The summed E-state index contributed by atoms with van der Waals surface area (Å²) in [6.07, 6.45) is 1.52. The number of oxime groups is 1. The van der Waals surface area contributed by atoms with Gasteiger partial charge in [-0.15, -0.1) is 5.16 Å². The molecule has 0 spiro atoms. The molecular weight excluding hydrogens is 354 g/mol. The second-order valence-corrected chi connectivity index (χ2v) is 5.98. The maximum absolute atomic E-state index is 8.61. The van der Waals surface area contributed by atoms with E-state index in [1.165, 1.54) is 6.21 Å². The molecule has 0 saturated heterocycles. The highest BCUT2D eigenvalue weighted by atomic mass is 16.5. The van der Waals surface area contributed by atoms with E-state index in [1.54, 1.807) is 0 Å². The largest absolute Gasteiger partial charge is 0.411 e. The van der Waals surface area contributed by atoms with Gasteiger partial charge in [0.05, 0.1) is 11.0 Å². The lowest BCUT2D eigenvalue weighted by molar-refractivity contribution is 0.116. The van der Waals surface area contributed by atoms with Crippen LogP contribution in [0.3, 0.4) is 0 Å². The summed E-state index contributed by atoms with van der Waals surface area (Å²) in [7, 11) is 0. The second-order valence-electron chi connectivity index (χ2n) is 5.98. The molecule has 2 rings (SSSR count). The maximum Gasteiger partial charge on any atom is 0.148 e. The molecule has 0 aliphatic rings. The minimum atomic E-state index is -0.210. The van der Waals surface area contributed by atoms with Gasteiger partial charge in [-0.05, 0) is 57.2 Å². The molecule has 2 unspecified atom stereocenters. The standard InChI is InChI=1S/C22H25N3O3/c1-5-27-16(3)7-10-19-20(11-8-17(4)28-6-2)25-22-15-18(13-14-23-26)9-12-21(22)24-19/h9,12,14-17,26H,5-6,13H2,1-4H3. The Labute approximate surface area is 166 Å². The average Bonchev–Trinajstić information content (AvgIpc) is 2.69. The predicted molar refractivity (Wildman–Crippen MR) is 109 cm³/mol. The molecule has 2 aromatic rings. The first-order valence-corrected chi connectivity index (χ1v) is 9.30. The molecule has 6 heteroatoms. The van der Waals surface area contributed by atoms with E-state index < -0.39 is 0 Å². The molecule has 0 aliphatic carbocycles. The number of ether oxygens (including phenoxy) is 2. The van der Waals surface area contributed by atoms with Gasteiger partial charge < -0.3 is 14.7 Å². The van der Waals surface area contributed by atoms with Crippen LogP contribution in [-0.4, -0.2) is 46.8 Å². The van der Waals surface area contributed by atoms with Crippen LogP contribution in [0.15, 0.2) is 23.4 Å². The fourth-order valence-electron chi connectivity index (χ4n) is 2.47. The van der Waals surface area contributed by atoms with E-state index in [9.17, 15) is 0 Å². The van der Waals surface area contributed by atoms with Gasteiger partial charge in [-0.2, -0.15) is 0 Å². The molecule has 2 atom stereocenters. The summed E-state index contributed by atoms with van der Waals surface area (Å²) in [4.78, 5) is 9.29. The summed E-state index contributed by atoms with van der Waals surface area (Å²) in [5, 5.41) is 11.7. The lowest BCUT2D eigenvalue weighted by Gasteiger charge is -2.05. The smallest absolute Gasteiger partial charge is 0.148 e. The van der Waals surface area contributed by atoms with Gasteiger partial charge in [0.25, 0.3) is 0 Å². The quantitative estimate of drug-likeness (QED) is 0.361. The van der Waals surface area contributed by atoms with Crippen LogP contribution in [0.25, 0.3) is 11.0 Å². The van der Waals surface area contributed by atoms with Crippen molar-refractivity contribution in [1.29, 1.82) is 0 Å². The van der Waals surface area contributed by atoms with Gasteiger partial charge in [0, 0.05) is 25.8 Å². The topological polar surface area (TPSA) is 76.8 Å². The van der Waals surface area contributed by atoms with E-state index in [1.807, 2.05) is 45.9 Å². The van der Waals surface area contributed by atoms with Crippen molar-refractivity contribution in [2.24, 2.45) is 5.16 Å². The Balaban J connectivity index is 2.49. The van der Waals surface area contributed by atoms with Crippen molar-refractivity contribution < 1.29 is 14.7 Å². The van der Waals surface area contributed by atoms with Gasteiger partial charge in [-0.3, -0.25) is 0 Å². The Morgan fingerprint density at radius 1 is 1.00 bits per heavy atom. The molecule has 1 N–H and O–H groups in total. The van der Waals surface area contributed by atoms with Crippen LogP contribution in [0.4, 0.5) is 0 Å². The molecule has 0 radical (unpaired) electrons. The van der Waals surface area contributed by atoms with E-state index in [4.69, 9.17) is 14.7 Å². The van der Waals surface area contributed by atoms with E-state index >= 15 is 0 Å². The van der Waals surface area contributed by atoms with Crippen LogP contribution in [-0.2, 0) is 15.9 Å². The molecule has 0 fully saturated rings. The van der Waals surface area contributed by atoms with Gasteiger partial charge >= 0.3 is 0 Å². The zero-order valence-corrected chi connectivity index (χ0v) is 16.7. The zero-order chi connectivity index (χ0) is 20.4. The molecule has 0 aliphatic heterocycles. The maximum atomic E-state index is 8.61. The van der Waals surface area contributed by atoms with Crippen molar-refractivity contribution in [2.45, 2.75) is 46.3 Å². The molecular formula is C22H25N3O3. The summed E-state index contributed by atoms with van der Waals surface area (Å²) in [5.41, 5.74) is 3.41. The molecule has 28 heavy (non-hydrogen) atoms. The molecule has 0 saturated carbocycles. The summed E-state index contributed by atoms with van der Waals surface area (Å²) < 4.78 is 10.9. The van der Waals surface area contributed by atoms with E-state index in [-0.39, 0.29) is 12.2 Å². The molecule has 1 aromatic heterocycles. The van der Waals surface area contributed by atoms with Crippen molar-refractivity contribution in [2.75, 3.05) is 13.2 Å². The number of hydrogen-bond acceptors (Lipinski definition) is 6. The fourth-order valence-corrected chi connectivity index (χ4v) is 2.47. The number of rotatable bonds is 6. The molecule has 1 heterocycles. The van der Waals surface area contributed by atoms with Crippen LogP contribution in [0, 0.1) is 23.7 Å². The van der Waals surface area contributed by atoms with Crippen molar-refractivity contribution in [1.82, 2.24) is 9.97 Å². The SMILES string of the molecule is CCOC(C)C#Cc1nc2ccc(CC=NO)cc2nc1C#CC(C)OCC.